The molecule has 1 atom stereocenters. The number of methoxy groups -OCH3 is 1. The van der Waals surface area contributed by atoms with Crippen molar-refractivity contribution in [3.05, 3.63) is 17.8 Å². The Morgan fingerprint density at radius 2 is 2.21 bits per heavy atom. The fourth-order valence-electron chi connectivity index (χ4n) is 1.58. The molecule has 0 saturated carbocycles. The summed E-state index contributed by atoms with van der Waals surface area (Å²) in [5.74, 6) is -0.239. The molecule has 0 bridgehead atoms. The summed E-state index contributed by atoms with van der Waals surface area (Å²) in [5, 5.41) is 2.89. The summed E-state index contributed by atoms with van der Waals surface area (Å²) in [4.78, 5) is 15.4. The number of nitrogen functional groups attached to an aromatic ring is 1. The first-order chi connectivity index (χ1) is 8.73. The zero-order valence-corrected chi connectivity index (χ0v) is 11.8. The average molecular weight is 287 g/mol. The number of nitrogens with one attached hydrogen (secondary N) is 1. The third-order valence-corrected chi connectivity index (χ3v) is 3.39. The van der Waals surface area contributed by atoms with Gasteiger partial charge in [0.1, 0.15) is 15.7 Å². The summed E-state index contributed by atoms with van der Waals surface area (Å²) in [6, 6.07) is 1.09. The molecule has 8 heteroatoms. The molecule has 1 aromatic rings. The summed E-state index contributed by atoms with van der Waals surface area (Å²) >= 11 is 0. The van der Waals surface area contributed by atoms with Crippen LogP contribution < -0.4 is 11.1 Å². The smallest absolute Gasteiger partial charge is 0.340 e. The van der Waals surface area contributed by atoms with Crippen molar-refractivity contribution >= 4 is 27.3 Å². The van der Waals surface area contributed by atoms with E-state index in [0.29, 0.717) is 5.82 Å². The first kappa shape index (κ1) is 15.2. The third-order valence-electron chi connectivity index (χ3n) is 2.29. The molecule has 0 spiro atoms. The van der Waals surface area contributed by atoms with Crippen LogP contribution in [0.5, 0.6) is 0 Å². The van der Waals surface area contributed by atoms with Gasteiger partial charge in [0.25, 0.3) is 0 Å². The minimum atomic E-state index is -3.09. The molecule has 1 heterocycles. The van der Waals surface area contributed by atoms with Crippen molar-refractivity contribution in [2.45, 2.75) is 13.0 Å². The van der Waals surface area contributed by atoms with Crippen LogP contribution in [-0.2, 0) is 14.6 Å². The Labute approximate surface area is 112 Å². The van der Waals surface area contributed by atoms with Gasteiger partial charge in [-0.25, -0.2) is 18.2 Å². The van der Waals surface area contributed by atoms with Crippen LogP contribution >= 0.6 is 0 Å². The molecule has 0 radical (unpaired) electrons. The van der Waals surface area contributed by atoms with Crippen LogP contribution in [0.1, 0.15) is 17.3 Å². The van der Waals surface area contributed by atoms with Gasteiger partial charge in [-0.1, -0.05) is 0 Å². The SMILES string of the molecule is COC(=O)c1cc(NC(C)CS(C)(=O)=O)ncc1N. The minimum absolute atomic E-state index is 0.0351. The second kappa shape index (κ2) is 5.87. The van der Waals surface area contributed by atoms with E-state index in [1.807, 2.05) is 0 Å². The number of carbonyl (C=O) groups excluding carboxylic acids is 1. The lowest BCUT2D eigenvalue weighted by molar-refractivity contribution is 0.0602. The van der Waals surface area contributed by atoms with Gasteiger partial charge in [0.2, 0.25) is 0 Å². The number of anilines is 2. The van der Waals surface area contributed by atoms with E-state index in [2.05, 4.69) is 15.0 Å². The molecule has 0 aliphatic heterocycles. The maximum absolute atomic E-state index is 11.4. The van der Waals surface area contributed by atoms with Gasteiger partial charge >= 0.3 is 5.97 Å². The predicted octanol–water partition coefficient (Wildman–Crippen LogP) is 0.295. The lowest BCUT2D eigenvalue weighted by Gasteiger charge is -2.14. The van der Waals surface area contributed by atoms with Crippen LogP contribution in [0.15, 0.2) is 12.3 Å². The number of esters is 1. The van der Waals surface area contributed by atoms with Crippen LogP contribution in [0.25, 0.3) is 0 Å². The summed E-state index contributed by atoms with van der Waals surface area (Å²) in [6.45, 7) is 1.71. The second-order valence-corrected chi connectivity index (χ2v) is 6.47. The molecule has 19 heavy (non-hydrogen) atoms. The van der Waals surface area contributed by atoms with E-state index >= 15 is 0 Å². The molecule has 7 nitrogen and oxygen atoms in total. The van der Waals surface area contributed by atoms with Crippen molar-refractivity contribution in [1.29, 1.82) is 0 Å². The molecule has 106 valence electrons. The lowest BCUT2D eigenvalue weighted by Crippen LogP contribution is -2.25. The Morgan fingerprint density at radius 1 is 1.58 bits per heavy atom. The number of rotatable bonds is 5. The zero-order valence-electron chi connectivity index (χ0n) is 11.0. The Morgan fingerprint density at radius 3 is 2.74 bits per heavy atom. The standard InChI is InChI=1S/C11H17N3O4S/c1-7(6-19(3,16)17)14-10-4-8(11(15)18-2)9(12)5-13-10/h4-5,7H,6,12H2,1-3H3,(H,13,14). The summed E-state index contributed by atoms with van der Waals surface area (Å²) in [7, 11) is -1.84. The molecule has 0 saturated heterocycles. The second-order valence-electron chi connectivity index (χ2n) is 4.29. The number of carbonyl (C=O) groups is 1. The quantitative estimate of drug-likeness (QED) is 0.749. The first-order valence-electron chi connectivity index (χ1n) is 5.51. The van der Waals surface area contributed by atoms with Crippen LogP contribution in [0, 0.1) is 0 Å². The summed E-state index contributed by atoms with van der Waals surface area (Å²) in [6.07, 6.45) is 2.48. The Balaban J connectivity index is 2.88. The van der Waals surface area contributed by atoms with E-state index in [9.17, 15) is 13.2 Å². The van der Waals surface area contributed by atoms with E-state index in [0.717, 1.165) is 6.26 Å². The molecule has 0 aromatic carbocycles. The normalized spacial score (nSPS) is 12.8. The van der Waals surface area contributed by atoms with Crippen molar-refractivity contribution < 1.29 is 17.9 Å². The molecule has 1 rings (SSSR count). The van der Waals surface area contributed by atoms with Gasteiger partial charge in [0, 0.05) is 12.3 Å². The highest BCUT2D eigenvalue weighted by atomic mass is 32.2. The van der Waals surface area contributed by atoms with E-state index in [1.165, 1.54) is 19.4 Å². The van der Waals surface area contributed by atoms with Crippen LogP contribution in [0.4, 0.5) is 11.5 Å². The number of nitrogens with zero attached hydrogens (tertiary/aromatic N) is 1. The van der Waals surface area contributed by atoms with Crippen LogP contribution in [0.3, 0.4) is 0 Å². The molecule has 0 aliphatic rings. The topological polar surface area (TPSA) is 111 Å². The number of pyridine rings is 1. The van der Waals surface area contributed by atoms with Gasteiger partial charge in [-0.05, 0) is 13.0 Å². The molecule has 0 fully saturated rings. The molecule has 0 aliphatic carbocycles. The fourth-order valence-corrected chi connectivity index (χ4v) is 2.57. The van der Waals surface area contributed by atoms with E-state index < -0.39 is 15.8 Å². The van der Waals surface area contributed by atoms with Crippen molar-refractivity contribution in [2.24, 2.45) is 0 Å². The Bertz CT molecular complexity index is 571. The van der Waals surface area contributed by atoms with Crippen molar-refractivity contribution in [3.8, 4) is 0 Å². The van der Waals surface area contributed by atoms with Crippen molar-refractivity contribution in [1.82, 2.24) is 4.98 Å². The van der Waals surface area contributed by atoms with Crippen molar-refractivity contribution in [2.75, 3.05) is 30.2 Å². The first-order valence-corrected chi connectivity index (χ1v) is 7.57. The summed E-state index contributed by atoms with van der Waals surface area (Å²) < 4.78 is 26.9. The van der Waals surface area contributed by atoms with Gasteiger partial charge in [-0.15, -0.1) is 0 Å². The zero-order chi connectivity index (χ0) is 14.6. The molecule has 0 amide bonds. The Hall–Kier alpha value is -1.83. The number of nitrogens with two attached hydrogens (primary N) is 1. The average Bonchev–Trinajstić information content (AvgIpc) is 2.28. The number of aromatic nitrogens is 1. The van der Waals surface area contributed by atoms with E-state index in [1.54, 1.807) is 6.92 Å². The highest BCUT2D eigenvalue weighted by Gasteiger charge is 2.14. The van der Waals surface area contributed by atoms with Gasteiger partial charge < -0.3 is 15.8 Å². The molecule has 1 aromatic heterocycles. The number of ether oxygens (including phenoxy) is 1. The van der Waals surface area contributed by atoms with E-state index in [4.69, 9.17) is 5.73 Å². The number of hydrogen-bond acceptors (Lipinski definition) is 7. The van der Waals surface area contributed by atoms with E-state index in [-0.39, 0.29) is 23.0 Å². The summed E-state index contributed by atoms with van der Waals surface area (Å²) in [5.41, 5.74) is 6.00. The number of hydrogen-bond donors (Lipinski definition) is 2. The number of sulfone groups is 1. The molecule has 1 unspecified atom stereocenters. The highest BCUT2D eigenvalue weighted by Crippen LogP contribution is 2.16. The van der Waals surface area contributed by atoms with Crippen molar-refractivity contribution in [3.63, 3.8) is 0 Å². The highest BCUT2D eigenvalue weighted by molar-refractivity contribution is 7.90. The van der Waals surface area contributed by atoms with Gasteiger partial charge in [0.05, 0.1) is 30.3 Å². The van der Waals surface area contributed by atoms with Gasteiger partial charge in [-0.3, -0.25) is 0 Å². The molecule has 3 N–H and O–H groups in total. The lowest BCUT2D eigenvalue weighted by atomic mass is 10.2. The predicted molar refractivity (Wildman–Crippen MR) is 72.8 cm³/mol. The largest absolute Gasteiger partial charge is 0.465 e. The minimum Gasteiger partial charge on any atom is -0.465 e. The van der Waals surface area contributed by atoms with Crippen LogP contribution in [0.2, 0.25) is 0 Å². The maximum atomic E-state index is 11.4. The van der Waals surface area contributed by atoms with Gasteiger partial charge in [0.15, 0.2) is 0 Å². The van der Waals surface area contributed by atoms with Gasteiger partial charge in [-0.2, -0.15) is 0 Å². The fraction of sp³-hybridized carbons (Fsp3) is 0.455. The molecular weight excluding hydrogens is 270 g/mol. The monoisotopic (exact) mass is 287 g/mol. The molecular formula is C11H17N3O4S. The maximum Gasteiger partial charge on any atom is 0.340 e. The third kappa shape index (κ3) is 4.74. The van der Waals surface area contributed by atoms with Crippen LogP contribution in [-0.4, -0.2) is 44.5 Å². The Kier molecular flexibility index (Phi) is 4.71.